The second kappa shape index (κ2) is 6.69. The molecule has 0 saturated heterocycles. The number of rotatable bonds is 4. The van der Waals surface area contributed by atoms with Gasteiger partial charge in [-0.2, -0.15) is 0 Å². The summed E-state index contributed by atoms with van der Waals surface area (Å²) in [4.78, 5) is 11.2. The first-order valence-electron chi connectivity index (χ1n) is 7.84. The van der Waals surface area contributed by atoms with Gasteiger partial charge < -0.3 is 4.90 Å². The molecule has 5 heteroatoms. The molecule has 3 aromatic rings. The summed E-state index contributed by atoms with van der Waals surface area (Å²) in [7, 11) is 2.76. The summed E-state index contributed by atoms with van der Waals surface area (Å²) in [6.07, 6.45) is 0. The minimum atomic E-state index is -1.24. The highest BCUT2D eigenvalue weighted by atomic mass is 32.2. The molecule has 0 saturated carbocycles. The maximum absolute atomic E-state index is 13.0. The first-order valence-corrected chi connectivity index (χ1v) is 9.16. The summed E-state index contributed by atoms with van der Waals surface area (Å²) < 4.78 is 13.0. The van der Waals surface area contributed by atoms with Crippen LogP contribution >= 0.6 is 0 Å². The lowest BCUT2D eigenvalue weighted by Crippen LogP contribution is -2.13. The third kappa shape index (κ3) is 3.31. The van der Waals surface area contributed by atoms with E-state index in [2.05, 4.69) is 28.2 Å². The number of para-hydroxylation sites is 2. The van der Waals surface area contributed by atoms with E-state index in [4.69, 9.17) is 0 Å². The molecule has 0 aliphatic rings. The lowest BCUT2D eigenvalue weighted by molar-refractivity contribution is 0.678. The topological polar surface area (TPSA) is 46.1 Å². The minimum Gasteiger partial charge on any atom is -0.377 e. The fraction of sp³-hybridized carbons (Fsp3) is 0.263. The summed E-state index contributed by atoms with van der Waals surface area (Å²) in [5.41, 5.74) is 5.65. The molecule has 1 atom stereocenters. The van der Waals surface area contributed by atoms with Gasteiger partial charge in [-0.1, -0.05) is 29.8 Å². The zero-order chi connectivity index (χ0) is 17.3. The van der Waals surface area contributed by atoms with Gasteiger partial charge in [0.15, 0.2) is 0 Å². The fourth-order valence-electron chi connectivity index (χ4n) is 2.76. The van der Waals surface area contributed by atoms with Crippen molar-refractivity contribution in [3.63, 3.8) is 0 Å². The first kappa shape index (κ1) is 16.6. The first-order chi connectivity index (χ1) is 11.5. The van der Waals surface area contributed by atoms with Crippen molar-refractivity contribution in [2.24, 2.45) is 0 Å². The van der Waals surface area contributed by atoms with E-state index in [1.165, 1.54) is 0 Å². The Morgan fingerprint density at radius 2 is 1.67 bits per heavy atom. The molecule has 0 bridgehead atoms. The van der Waals surface area contributed by atoms with E-state index in [9.17, 15) is 4.21 Å². The van der Waals surface area contributed by atoms with E-state index in [0.717, 1.165) is 33.5 Å². The van der Waals surface area contributed by atoms with Gasteiger partial charge in [0.2, 0.25) is 0 Å². The van der Waals surface area contributed by atoms with Crippen molar-refractivity contribution in [2.45, 2.75) is 24.6 Å². The van der Waals surface area contributed by atoms with E-state index >= 15 is 0 Å². The Kier molecular flexibility index (Phi) is 4.62. The Hall–Kier alpha value is -2.27. The predicted octanol–water partition coefficient (Wildman–Crippen LogP) is 3.62. The van der Waals surface area contributed by atoms with Gasteiger partial charge in [-0.25, -0.2) is 9.97 Å². The van der Waals surface area contributed by atoms with Gasteiger partial charge in [-0.3, -0.25) is 4.21 Å². The van der Waals surface area contributed by atoms with Crippen molar-refractivity contribution in [3.05, 3.63) is 59.3 Å². The molecule has 1 unspecified atom stereocenters. The van der Waals surface area contributed by atoms with Crippen LogP contribution in [0.3, 0.4) is 0 Å². The van der Waals surface area contributed by atoms with Gasteiger partial charge >= 0.3 is 0 Å². The van der Waals surface area contributed by atoms with Crippen LogP contribution in [0.5, 0.6) is 0 Å². The summed E-state index contributed by atoms with van der Waals surface area (Å²) in [6, 6.07) is 13.9. The quantitative estimate of drug-likeness (QED) is 0.728. The van der Waals surface area contributed by atoms with Crippen LogP contribution in [-0.4, -0.2) is 28.3 Å². The van der Waals surface area contributed by atoms with Crippen molar-refractivity contribution < 1.29 is 4.21 Å². The highest BCUT2D eigenvalue weighted by Crippen LogP contribution is 2.24. The van der Waals surface area contributed by atoms with Crippen LogP contribution in [-0.2, 0) is 16.6 Å². The van der Waals surface area contributed by atoms with Crippen molar-refractivity contribution in [3.8, 4) is 0 Å². The van der Waals surface area contributed by atoms with Crippen LogP contribution in [0.2, 0.25) is 0 Å². The van der Waals surface area contributed by atoms with E-state index in [1.807, 2.05) is 57.1 Å². The van der Waals surface area contributed by atoms with Gasteiger partial charge in [0.25, 0.3) is 0 Å². The van der Waals surface area contributed by atoms with Gasteiger partial charge in [-0.15, -0.1) is 0 Å². The largest absolute Gasteiger partial charge is 0.377 e. The summed E-state index contributed by atoms with van der Waals surface area (Å²) in [6.45, 7) is 3.92. The number of benzene rings is 2. The number of nitrogens with zero attached hydrogens (tertiary/aromatic N) is 3. The molecule has 0 amide bonds. The molecule has 0 spiro atoms. The van der Waals surface area contributed by atoms with Crippen molar-refractivity contribution in [1.29, 1.82) is 0 Å². The Morgan fingerprint density at radius 3 is 2.33 bits per heavy atom. The van der Waals surface area contributed by atoms with Gasteiger partial charge in [0, 0.05) is 19.8 Å². The minimum absolute atomic E-state index is 0.434. The maximum atomic E-state index is 13.0. The average molecular weight is 339 g/mol. The molecule has 0 N–H and O–H groups in total. The van der Waals surface area contributed by atoms with Gasteiger partial charge in [-0.05, 0) is 37.6 Å². The third-order valence-corrected chi connectivity index (χ3v) is 5.31. The Morgan fingerprint density at radius 1 is 1.00 bits per heavy atom. The number of anilines is 1. The molecular formula is C19H21N3OS. The van der Waals surface area contributed by atoms with E-state index in [-0.39, 0.29) is 0 Å². The number of aryl methyl sites for hydroxylation is 2. The molecule has 3 rings (SSSR count). The van der Waals surface area contributed by atoms with E-state index in [0.29, 0.717) is 10.8 Å². The lowest BCUT2D eigenvalue weighted by atomic mass is 10.1. The van der Waals surface area contributed by atoms with Crippen LogP contribution in [0.15, 0.2) is 47.5 Å². The Balaban J connectivity index is 1.99. The molecule has 0 fully saturated rings. The normalized spacial score (nSPS) is 12.3. The van der Waals surface area contributed by atoms with Crippen LogP contribution in [0, 0.1) is 13.8 Å². The standard InChI is InChI=1S/C19H21N3OS/c1-13-9-10-18(22(3)4)15(11-13)12-24(23)19-14(2)20-16-7-5-6-8-17(16)21-19/h5-11H,12H2,1-4H3. The van der Waals surface area contributed by atoms with E-state index in [1.54, 1.807) is 0 Å². The Bertz CT molecular complexity index is 922. The number of hydrogen-bond acceptors (Lipinski definition) is 4. The molecule has 0 aliphatic heterocycles. The van der Waals surface area contributed by atoms with Crippen molar-refractivity contribution in [1.82, 2.24) is 9.97 Å². The van der Waals surface area contributed by atoms with Gasteiger partial charge in [0.05, 0.1) is 33.3 Å². The summed E-state index contributed by atoms with van der Waals surface area (Å²) >= 11 is 0. The maximum Gasteiger partial charge on any atom is 0.149 e. The number of aromatic nitrogens is 2. The molecule has 24 heavy (non-hydrogen) atoms. The molecule has 2 aromatic carbocycles. The smallest absolute Gasteiger partial charge is 0.149 e. The zero-order valence-corrected chi connectivity index (χ0v) is 15.2. The molecule has 0 aliphatic carbocycles. The van der Waals surface area contributed by atoms with Crippen molar-refractivity contribution >= 4 is 27.5 Å². The van der Waals surface area contributed by atoms with Gasteiger partial charge in [0.1, 0.15) is 5.03 Å². The average Bonchev–Trinajstić information content (AvgIpc) is 2.53. The van der Waals surface area contributed by atoms with Crippen LogP contribution in [0.1, 0.15) is 16.8 Å². The molecular weight excluding hydrogens is 318 g/mol. The fourth-order valence-corrected chi connectivity index (χ4v) is 3.99. The number of hydrogen-bond donors (Lipinski definition) is 0. The Labute approximate surface area is 145 Å². The molecule has 1 heterocycles. The van der Waals surface area contributed by atoms with E-state index < -0.39 is 10.8 Å². The highest BCUT2D eigenvalue weighted by molar-refractivity contribution is 7.84. The van der Waals surface area contributed by atoms with Crippen LogP contribution in [0.4, 0.5) is 5.69 Å². The number of fused-ring (bicyclic) bond motifs is 1. The van der Waals surface area contributed by atoms with Crippen molar-refractivity contribution in [2.75, 3.05) is 19.0 Å². The molecule has 124 valence electrons. The van der Waals surface area contributed by atoms with Crippen LogP contribution in [0.25, 0.3) is 11.0 Å². The summed E-state index contributed by atoms with van der Waals surface area (Å²) in [5, 5.41) is 0.569. The third-order valence-electron chi connectivity index (χ3n) is 3.92. The molecule has 1 aromatic heterocycles. The predicted molar refractivity (Wildman–Crippen MR) is 99.9 cm³/mol. The zero-order valence-electron chi connectivity index (χ0n) is 14.4. The monoisotopic (exact) mass is 339 g/mol. The second-order valence-corrected chi connectivity index (χ2v) is 7.49. The molecule has 4 nitrogen and oxygen atoms in total. The van der Waals surface area contributed by atoms with Crippen LogP contribution < -0.4 is 4.90 Å². The SMILES string of the molecule is Cc1ccc(N(C)C)c(CS(=O)c2nc3ccccc3nc2C)c1. The molecule has 0 radical (unpaired) electrons. The summed E-state index contributed by atoms with van der Waals surface area (Å²) in [5.74, 6) is 0.434. The lowest BCUT2D eigenvalue weighted by Gasteiger charge is -2.18. The highest BCUT2D eigenvalue weighted by Gasteiger charge is 2.15. The second-order valence-electron chi connectivity index (χ2n) is 6.12.